The van der Waals surface area contributed by atoms with Crippen molar-refractivity contribution in [3.8, 4) is 0 Å². The average Bonchev–Trinajstić information content (AvgIpc) is 2.53. The van der Waals surface area contributed by atoms with E-state index in [1.807, 2.05) is 0 Å². The van der Waals surface area contributed by atoms with E-state index in [2.05, 4.69) is 15.5 Å². The van der Waals surface area contributed by atoms with Crippen LogP contribution in [0.4, 0.5) is 0 Å². The highest BCUT2D eigenvalue weighted by atomic mass is 16.4. The van der Waals surface area contributed by atoms with Crippen molar-refractivity contribution in [2.75, 3.05) is 6.61 Å². The zero-order valence-corrected chi connectivity index (χ0v) is 10.9. The minimum absolute atomic E-state index is 0.112. The Kier molecular flexibility index (Phi) is 6.85. The molecule has 9 heteroatoms. The molecule has 1 amide bonds. The summed E-state index contributed by atoms with van der Waals surface area (Å²) in [7, 11) is 0. The maximum Gasteiger partial charge on any atom is 0.289 e. The molecule has 1 aromatic rings. The molecule has 0 aliphatic rings. The van der Waals surface area contributed by atoms with Gasteiger partial charge in [-0.2, -0.15) is 5.10 Å². The van der Waals surface area contributed by atoms with Crippen molar-refractivity contribution in [2.24, 2.45) is 5.10 Å². The van der Waals surface area contributed by atoms with Crippen LogP contribution in [0.1, 0.15) is 10.5 Å². The molecule has 9 nitrogen and oxygen atoms in total. The molecule has 4 unspecified atom stereocenters. The summed E-state index contributed by atoms with van der Waals surface area (Å²) in [6, 6.07) is 4.70. The number of hydrogen-bond acceptors (Lipinski definition) is 8. The molecular weight excluding hydrogens is 282 g/mol. The van der Waals surface area contributed by atoms with Gasteiger partial charge in [-0.05, 0) is 12.1 Å². The van der Waals surface area contributed by atoms with Crippen molar-refractivity contribution >= 4 is 12.1 Å². The third-order valence-corrected chi connectivity index (χ3v) is 2.57. The number of nitrogens with zero attached hydrogens (tertiary/aromatic N) is 2. The highest BCUT2D eigenvalue weighted by molar-refractivity contribution is 5.92. The molecule has 1 rings (SSSR count). The van der Waals surface area contributed by atoms with Crippen molar-refractivity contribution in [1.29, 1.82) is 0 Å². The minimum Gasteiger partial charge on any atom is -0.394 e. The summed E-state index contributed by atoms with van der Waals surface area (Å²) in [5.41, 5.74) is 2.18. The number of carbonyl (C=O) groups excluding carboxylic acids is 1. The Morgan fingerprint density at radius 1 is 1.29 bits per heavy atom. The molecule has 1 aromatic heterocycles. The molecule has 116 valence electrons. The lowest BCUT2D eigenvalue weighted by Gasteiger charge is -2.23. The molecule has 0 saturated carbocycles. The van der Waals surface area contributed by atoms with Gasteiger partial charge in [0.25, 0.3) is 5.91 Å². The Balaban J connectivity index is 2.51. The van der Waals surface area contributed by atoms with Gasteiger partial charge in [-0.25, -0.2) is 5.43 Å². The Hall–Kier alpha value is -1.91. The van der Waals surface area contributed by atoms with E-state index < -0.39 is 36.9 Å². The Bertz CT molecular complexity index is 469. The van der Waals surface area contributed by atoms with Crippen LogP contribution in [0.5, 0.6) is 0 Å². The molecule has 21 heavy (non-hydrogen) atoms. The first-order valence-corrected chi connectivity index (χ1v) is 6.05. The van der Waals surface area contributed by atoms with E-state index in [1.165, 1.54) is 12.3 Å². The van der Waals surface area contributed by atoms with Gasteiger partial charge in [0.1, 0.15) is 30.1 Å². The summed E-state index contributed by atoms with van der Waals surface area (Å²) >= 11 is 0. The van der Waals surface area contributed by atoms with Crippen LogP contribution < -0.4 is 5.43 Å². The van der Waals surface area contributed by atoms with Gasteiger partial charge in [0.05, 0.1) is 12.8 Å². The van der Waals surface area contributed by atoms with Gasteiger partial charge in [-0.1, -0.05) is 6.07 Å². The lowest BCUT2D eigenvalue weighted by atomic mass is 10.0. The molecule has 0 saturated heterocycles. The molecule has 6 N–H and O–H groups in total. The van der Waals surface area contributed by atoms with Crippen LogP contribution in [0.3, 0.4) is 0 Å². The van der Waals surface area contributed by atoms with Crippen molar-refractivity contribution in [3.63, 3.8) is 0 Å². The monoisotopic (exact) mass is 299 g/mol. The van der Waals surface area contributed by atoms with Gasteiger partial charge in [-0.3, -0.25) is 9.78 Å². The van der Waals surface area contributed by atoms with E-state index in [0.29, 0.717) is 0 Å². The van der Waals surface area contributed by atoms with Gasteiger partial charge < -0.3 is 25.5 Å². The van der Waals surface area contributed by atoms with Crippen LogP contribution in [0.2, 0.25) is 0 Å². The summed E-state index contributed by atoms with van der Waals surface area (Å²) in [6.45, 7) is -0.779. The SMILES string of the molecule is O=C(N/N=C/C(O)C(O)C(O)C(O)CO)c1ccccn1. The lowest BCUT2D eigenvalue weighted by Crippen LogP contribution is -2.46. The maximum absolute atomic E-state index is 11.5. The zero-order valence-electron chi connectivity index (χ0n) is 10.9. The smallest absolute Gasteiger partial charge is 0.289 e. The Morgan fingerprint density at radius 3 is 2.57 bits per heavy atom. The van der Waals surface area contributed by atoms with Gasteiger partial charge in [0, 0.05) is 6.20 Å². The van der Waals surface area contributed by atoms with Crippen LogP contribution in [0, 0.1) is 0 Å². The third kappa shape index (κ3) is 5.17. The normalized spacial score (nSPS) is 17.2. The molecule has 4 atom stereocenters. The van der Waals surface area contributed by atoms with E-state index >= 15 is 0 Å². The van der Waals surface area contributed by atoms with Crippen LogP contribution in [0.25, 0.3) is 0 Å². The van der Waals surface area contributed by atoms with Crippen molar-refractivity contribution in [1.82, 2.24) is 10.4 Å². The van der Waals surface area contributed by atoms with Crippen LogP contribution in [-0.2, 0) is 0 Å². The Morgan fingerprint density at radius 2 is 2.00 bits per heavy atom. The fourth-order valence-electron chi connectivity index (χ4n) is 1.35. The predicted octanol–water partition coefficient (Wildman–Crippen LogP) is -2.77. The number of nitrogens with one attached hydrogen (secondary N) is 1. The molecule has 0 radical (unpaired) electrons. The number of amides is 1. The molecule has 1 heterocycles. The highest BCUT2D eigenvalue weighted by Gasteiger charge is 2.29. The number of aliphatic hydroxyl groups excluding tert-OH is 5. The third-order valence-electron chi connectivity index (χ3n) is 2.57. The first-order chi connectivity index (χ1) is 9.97. The van der Waals surface area contributed by atoms with E-state index in [1.54, 1.807) is 12.1 Å². The van der Waals surface area contributed by atoms with Crippen LogP contribution in [-0.4, -0.2) is 73.7 Å². The predicted molar refractivity (Wildman–Crippen MR) is 71.3 cm³/mol. The molecule has 0 spiro atoms. The first-order valence-electron chi connectivity index (χ1n) is 6.05. The second-order valence-electron chi connectivity index (χ2n) is 4.16. The number of rotatable bonds is 7. The molecule has 0 aliphatic carbocycles. The second kappa shape index (κ2) is 8.39. The number of aliphatic hydroxyl groups is 5. The maximum atomic E-state index is 11.5. The molecule has 0 fully saturated rings. The number of pyridine rings is 1. The minimum atomic E-state index is -1.78. The number of hydrazone groups is 1. The van der Waals surface area contributed by atoms with Gasteiger partial charge >= 0.3 is 0 Å². The summed E-state index contributed by atoms with van der Waals surface area (Å²) in [5, 5.41) is 49.5. The summed E-state index contributed by atoms with van der Waals surface area (Å²) in [4.78, 5) is 15.3. The number of hydrogen-bond donors (Lipinski definition) is 6. The average molecular weight is 299 g/mol. The summed E-state index contributed by atoms with van der Waals surface area (Å²) in [5.74, 6) is -0.621. The van der Waals surface area contributed by atoms with E-state index in [9.17, 15) is 20.1 Å². The largest absolute Gasteiger partial charge is 0.394 e. The van der Waals surface area contributed by atoms with E-state index in [0.717, 1.165) is 6.21 Å². The fourth-order valence-corrected chi connectivity index (χ4v) is 1.35. The topological polar surface area (TPSA) is 156 Å². The second-order valence-corrected chi connectivity index (χ2v) is 4.16. The lowest BCUT2D eigenvalue weighted by molar-refractivity contribution is -0.0999. The standard InChI is InChI=1S/C12H17N3O6/c16-6-9(18)11(20)10(19)8(17)5-14-15-12(21)7-3-1-2-4-13-7/h1-5,8-11,16-20H,6H2,(H,15,21)/b14-5+. The number of carbonyl (C=O) groups is 1. The molecule has 0 bridgehead atoms. The van der Waals surface area contributed by atoms with Crippen LogP contribution >= 0.6 is 0 Å². The summed E-state index contributed by atoms with van der Waals surface area (Å²) in [6.07, 6.45) is -4.59. The molecule has 0 aliphatic heterocycles. The fraction of sp³-hybridized carbons (Fsp3) is 0.417. The van der Waals surface area contributed by atoms with Crippen molar-refractivity contribution in [2.45, 2.75) is 24.4 Å². The van der Waals surface area contributed by atoms with E-state index in [-0.39, 0.29) is 5.69 Å². The van der Waals surface area contributed by atoms with Crippen molar-refractivity contribution < 1.29 is 30.3 Å². The van der Waals surface area contributed by atoms with Gasteiger partial charge in [0.15, 0.2) is 0 Å². The quantitative estimate of drug-likeness (QED) is 0.235. The first kappa shape index (κ1) is 17.1. The van der Waals surface area contributed by atoms with Crippen molar-refractivity contribution in [3.05, 3.63) is 30.1 Å². The van der Waals surface area contributed by atoms with E-state index in [4.69, 9.17) is 10.2 Å². The van der Waals surface area contributed by atoms with Gasteiger partial charge in [-0.15, -0.1) is 0 Å². The van der Waals surface area contributed by atoms with Gasteiger partial charge in [0.2, 0.25) is 0 Å². The summed E-state index contributed by atoms with van der Waals surface area (Å²) < 4.78 is 0. The number of aromatic nitrogens is 1. The highest BCUT2D eigenvalue weighted by Crippen LogP contribution is 2.03. The zero-order chi connectivity index (χ0) is 15.8. The molecular formula is C12H17N3O6. The Labute approximate surface area is 120 Å². The van der Waals surface area contributed by atoms with Crippen LogP contribution in [0.15, 0.2) is 29.5 Å². The molecule has 0 aromatic carbocycles.